The van der Waals surface area contributed by atoms with Gasteiger partial charge < -0.3 is 48.3 Å². The van der Waals surface area contributed by atoms with Crippen molar-refractivity contribution in [3.8, 4) is 34.5 Å². The number of carbonyl (C=O) groups excluding carboxylic acids is 2. The molecular weight excluding hydrogens is 570 g/mol. The van der Waals surface area contributed by atoms with Crippen LogP contribution in [-0.4, -0.2) is 116 Å². The number of hydrogen-bond donors (Lipinski definition) is 1. The highest BCUT2D eigenvalue weighted by atomic mass is 16.6. The lowest BCUT2D eigenvalue weighted by Gasteiger charge is -2.35. The van der Waals surface area contributed by atoms with Crippen LogP contribution in [0.5, 0.6) is 34.5 Å². The Balaban J connectivity index is 1.53. The summed E-state index contributed by atoms with van der Waals surface area (Å²) in [7, 11) is 7.58. The van der Waals surface area contributed by atoms with Gasteiger partial charge in [0.2, 0.25) is 11.5 Å². The van der Waals surface area contributed by atoms with Crippen molar-refractivity contribution in [1.82, 2.24) is 15.1 Å². The number of fused-ring (bicyclic) bond motifs is 12. The molecule has 0 aliphatic carbocycles. The van der Waals surface area contributed by atoms with E-state index in [9.17, 15) is 9.59 Å². The molecule has 2 aromatic carbocycles. The van der Waals surface area contributed by atoms with Crippen molar-refractivity contribution in [2.45, 2.75) is 31.8 Å². The second kappa shape index (κ2) is 16.2. The van der Waals surface area contributed by atoms with Gasteiger partial charge >= 0.3 is 5.97 Å². The fraction of sp³-hybridized carbons (Fsp3) is 0.562. The van der Waals surface area contributed by atoms with Crippen LogP contribution in [0.4, 0.5) is 0 Å². The molecule has 4 bridgehead atoms. The molecule has 0 aromatic heterocycles. The molecule has 1 fully saturated rings. The van der Waals surface area contributed by atoms with Gasteiger partial charge in [0.25, 0.3) is 5.91 Å². The van der Waals surface area contributed by atoms with Crippen LogP contribution in [0.3, 0.4) is 0 Å². The number of amides is 1. The molecule has 44 heavy (non-hydrogen) atoms. The maximum atomic E-state index is 13.4. The van der Waals surface area contributed by atoms with Gasteiger partial charge in [0.05, 0.1) is 47.7 Å². The summed E-state index contributed by atoms with van der Waals surface area (Å²) in [5.74, 6) is 1.74. The highest BCUT2D eigenvalue weighted by molar-refractivity contribution is 5.95. The molecule has 1 amide bonds. The average Bonchev–Trinajstić information content (AvgIpc) is 3.05. The quantitative estimate of drug-likeness (QED) is 0.463. The molecule has 0 unspecified atom stereocenters. The van der Waals surface area contributed by atoms with Gasteiger partial charge in [-0.15, -0.1) is 0 Å². The molecule has 3 heterocycles. The molecule has 3 aliphatic rings. The lowest BCUT2D eigenvalue weighted by Crippen LogP contribution is -2.47. The third kappa shape index (κ3) is 8.38. The van der Waals surface area contributed by atoms with E-state index in [4.69, 9.17) is 33.2 Å². The summed E-state index contributed by atoms with van der Waals surface area (Å²) in [6.45, 7) is 6.40. The second-order valence-corrected chi connectivity index (χ2v) is 10.7. The van der Waals surface area contributed by atoms with Gasteiger partial charge in [-0.3, -0.25) is 4.79 Å². The summed E-state index contributed by atoms with van der Waals surface area (Å²) >= 11 is 0. The molecule has 5 rings (SSSR count). The number of hydrogen-bond acceptors (Lipinski definition) is 11. The summed E-state index contributed by atoms with van der Waals surface area (Å²) in [4.78, 5) is 31.2. The van der Waals surface area contributed by atoms with Crippen molar-refractivity contribution in [1.29, 1.82) is 0 Å². The monoisotopic (exact) mass is 615 g/mol. The predicted octanol–water partition coefficient (Wildman–Crippen LogP) is 3.26. The number of benzene rings is 2. The molecule has 1 atom stereocenters. The summed E-state index contributed by atoms with van der Waals surface area (Å²) in [6, 6.07) is 6.52. The number of piperazine rings is 1. The van der Waals surface area contributed by atoms with E-state index in [-0.39, 0.29) is 12.0 Å². The highest BCUT2D eigenvalue weighted by Gasteiger charge is 2.24. The molecule has 0 saturated carbocycles. The fourth-order valence-corrected chi connectivity index (χ4v) is 5.51. The minimum absolute atomic E-state index is 0.197. The maximum absolute atomic E-state index is 13.4. The summed E-state index contributed by atoms with van der Waals surface area (Å²) in [5, 5.41) is 3.01. The lowest BCUT2D eigenvalue weighted by molar-refractivity contribution is 0.0202. The molecule has 12 heteroatoms. The molecule has 2 aromatic rings. The Bertz CT molecular complexity index is 1240. The molecule has 0 spiro atoms. The Morgan fingerprint density at radius 3 is 1.98 bits per heavy atom. The van der Waals surface area contributed by atoms with E-state index in [1.807, 2.05) is 0 Å². The standard InChI is InChI=1S/C32H45N3O9/c1-38-25-18-22-19-28(30(25)42-5)43-17-6-8-24(9-12-35-15-13-34(14-16-35)11-7-10-33-31(22)36)44-32(37)23-20-26(39-2)29(41-4)27(21-23)40-3/h18-21,24H,6-17H2,1-5H3,(H,33,36)/t24-/m1/s1. The SMILES string of the molecule is COc1cc(C(=O)O[C@@H]2CCCOc3cc(cc(OC)c3OC)C(=O)NCCCN3CCN(CC2)CC3)cc(OC)c1OC. The van der Waals surface area contributed by atoms with Crippen LogP contribution in [-0.2, 0) is 4.74 Å². The zero-order valence-corrected chi connectivity index (χ0v) is 26.4. The van der Waals surface area contributed by atoms with Crippen molar-refractivity contribution in [3.05, 3.63) is 35.4 Å². The van der Waals surface area contributed by atoms with Crippen molar-refractivity contribution in [2.75, 3.05) is 88.0 Å². The number of nitrogens with zero attached hydrogens (tertiary/aromatic N) is 2. The van der Waals surface area contributed by atoms with Crippen LogP contribution >= 0.6 is 0 Å². The number of ether oxygens (including phenoxy) is 7. The summed E-state index contributed by atoms with van der Waals surface area (Å²) in [6.07, 6.45) is 2.36. The van der Waals surface area contributed by atoms with Crippen molar-refractivity contribution in [3.63, 3.8) is 0 Å². The number of carbonyl (C=O) groups is 2. The molecule has 3 aliphatic heterocycles. The van der Waals surface area contributed by atoms with Gasteiger partial charge in [-0.25, -0.2) is 4.79 Å². The van der Waals surface area contributed by atoms with Gasteiger partial charge in [0, 0.05) is 44.8 Å². The topological polar surface area (TPSA) is 117 Å². The van der Waals surface area contributed by atoms with Crippen molar-refractivity contribution in [2.24, 2.45) is 0 Å². The summed E-state index contributed by atoms with van der Waals surface area (Å²) in [5.41, 5.74) is 0.744. The van der Waals surface area contributed by atoms with Gasteiger partial charge in [0.15, 0.2) is 23.0 Å². The van der Waals surface area contributed by atoms with Gasteiger partial charge in [-0.1, -0.05) is 0 Å². The molecule has 242 valence electrons. The second-order valence-electron chi connectivity index (χ2n) is 10.7. The first kappa shape index (κ1) is 33.0. The van der Waals surface area contributed by atoms with E-state index in [0.29, 0.717) is 78.0 Å². The Morgan fingerprint density at radius 1 is 0.750 bits per heavy atom. The van der Waals surface area contributed by atoms with E-state index < -0.39 is 5.97 Å². The van der Waals surface area contributed by atoms with E-state index in [2.05, 4.69) is 15.1 Å². The van der Waals surface area contributed by atoms with Crippen LogP contribution in [0.2, 0.25) is 0 Å². The molecule has 1 saturated heterocycles. The molecular formula is C32H45N3O9. The highest BCUT2D eigenvalue weighted by Crippen LogP contribution is 2.39. The van der Waals surface area contributed by atoms with Gasteiger partial charge in [-0.05, 0) is 56.5 Å². The zero-order chi connectivity index (χ0) is 31.5. The largest absolute Gasteiger partial charge is 0.493 e. The summed E-state index contributed by atoms with van der Waals surface area (Å²) < 4.78 is 39.5. The Labute approximate surface area is 259 Å². The van der Waals surface area contributed by atoms with Crippen LogP contribution in [0.1, 0.15) is 46.4 Å². The van der Waals surface area contributed by atoms with Crippen LogP contribution in [0, 0.1) is 0 Å². The third-order valence-corrected chi connectivity index (χ3v) is 7.98. The Morgan fingerprint density at radius 2 is 1.36 bits per heavy atom. The van der Waals surface area contributed by atoms with Crippen molar-refractivity contribution >= 4 is 11.9 Å². The predicted molar refractivity (Wildman–Crippen MR) is 164 cm³/mol. The van der Waals surface area contributed by atoms with Crippen LogP contribution in [0.15, 0.2) is 24.3 Å². The first-order valence-corrected chi connectivity index (χ1v) is 15.0. The fourth-order valence-electron chi connectivity index (χ4n) is 5.51. The van der Waals surface area contributed by atoms with E-state index in [1.54, 1.807) is 24.3 Å². The minimum Gasteiger partial charge on any atom is -0.493 e. The Hall–Kier alpha value is -3.90. The molecule has 1 N–H and O–H groups in total. The number of rotatable bonds is 7. The smallest absolute Gasteiger partial charge is 0.338 e. The first-order valence-electron chi connectivity index (χ1n) is 15.0. The van der Waals surface area contributed by atoms with Gasteiger partial charge in [0.1, 0.15) is 6.10 Å². The average molecular weight is 616 g/mol. The minimum atomic E-state index is -0.469. The van der Waals surface area contributed by atoms with Gasteiger partial charge in [-0.2, -0.15) is 0 Å². The van der Waals surface area contributed by atoms with E-state index >= 15 is 0 Å². The maximum Gasteiger partial charge on any atom is 0.338 e. The first-order chi connectivity index (χ1) is 21.4. The number of esters is 1. The molecule has 12 nitrogen and oxygen atoms in total. The van der Waals surface area contributed by atoms with Crippen LogP contribution in [0.25, 0.3) is 0 Å². The molecule has 0 radical (unpaired) electrons. The normalized spacial score (nSPS) is 21.4. The number of nitrogens with one attached hydrogen (secondary N) is 1. The third-order valence-electron chi connectivity index (χ3n) is 7.98. The lowest BCUT2D eigenvalue weighted by atomic mass is 10.1. The van der Waals surface area contributed by atoms with Crippen LogP contribution < -0.4 is 33.7 Å². The van der Waals surface area contributed by atoms with E-state index in [1.165, 1.54) is 35.5 Å². The van der Waals surface area contributed by atoms with Crippen molar-refractivity contribution < 1.29 is 42.7 Å². The zero-order valence-electron chi connectivity index (χ0n) is 26.4. The Kier molecular flexibility index (Phi) is 12.2. The van der Waals surface area contributed by atoms with E-state index in [0.717, 1.165) is 45.7 Å². The number of methoxy groups -OCH3 is 5.